The van der Waals surface area contributed by atoms with Gasteiger partial charge >= 0.3 is 5.97 Å². The fourth-order valence-corrected chi connectivity index (χ4v) is 5.26. The third-order valence-corrected chi connectivity index (χ3v) is 7.02. The molecule has 0 radical (unpaired) electrons. The lowest BCUT2D eigenvalue weighted by molar-refractivity contribution is -0.141. The third-order valence-electron chi connectivity index (χ3n) is 6.13. The van der Waals surface area contributed by atoms with Crippen molar-refractivity contribution in [1.82, 2.24) is 10.2 Å². The molecule has 4 rings (SSSR count). The summed E-state index contributed by atoms with van der Waals surface area (Å²) in [5.74, 6) is -0.523. The second-order valence-corrected chi connectivity index (χ2v) is 9.67. The average Bonchev–Trinajstić information content (AvgIpc) is 3.25. The van der Waals surface area contributed by atoms with Crippen molar-refractivity contribution in [3.05, 3.63) is 93.2 Å². The predicted molar refractivity (Wildman–Crippen MR) is 142 cm³/mol. The van der Waals surface area contributed by atoms with Crippen molar-refractivity contribution in [2.45, 2.75) is 39.8 Å². The van der Waals surface area contributed by atoms with Gasteiger partial charge in [-0.2, -0.15) is 0 Å². The molecule has 188 valence electrons. The monoisotopic (exact) mass is 505 g/mol. The summed E-state index contributed by atoms with van der Waals surface area (Å²) < 4.78 is 10.8. The van der Waals surface area contributed by atoms with Crippen LogP contribution in [0.15, 0.2) is 75.9 Å². The van der Waals surface area contributed by atoms with E-state index in [0.717, 1.165) is 33.1 Å². The summed E-state index contributed by atoms with van der Waals surface area (Å²) >= 11 is 1.46. The van der Waals surface area contributed by atoms with E-state index in [1.54, 1.807) is 7.11 Å². The number of nitrogens with one attached hydrogen (secondary N) is 1. The van der Waals surface area contributed by atoms with Gasteiger partial charge in [0.05, 0.1) is 30.3 Å². The number of rotatable bonds is 9. The third kappa shape index (κ3) is 5.71. The molecule has 1 amide bonds. The van der Waals surface area contributed by atoms with E-state index in [2.05, 4.69) is 23.5 Å². The number of hydrogen-bond acceptors (Lipinski definition) is 7. The molecule has 0 saturated carbocycles. The topological polar surface area (TPSA) is 80.2 Å². The number of benzene rings is 2. The molecule has 0 saturated heterocycles. The molecule has 1 N–H and O–H groups in total. The van der Waals surface area contributed by atoms with Crippen LogP contribution in [0, 0.1) is 13.8 Å². The number of allylic oxidation sites excluding steroid dienone is 1. The van der Waals surface area contributed by atoms with E-state index in [1.165, 1.54) is 11.8 Å². The number of carbonyl (C=O) groups excluding carboxylic acids is 2. The molecule has 7 nitrogen and oxygen atoms in total. The summed E-state index contributed by atoms with van der Waals surface area (Å²) in [4.78, 5) is 33.0. The van der Waals surface area contributed by atoms with Crippen LogP contribution < -0.4 is 5.32 Å². The molecule has 8 heteroatoms. The normalized spacial score (nSPS) is 16.9. The summed E-state index contributed by atoms with van der Waals surface area (Å²) in [5.41, 5.74) is 5.94. The van der Waals surface area contributed by atoms with Gasteiger partial charge in [0.25, 0.3) is 0 Å². The Balaban J connectivity index is 1.68. The summed E-state index contributed by atoms with van der Waals surface area (Å²) in [6.07, 6.45) is 0.169. The number of aryl methyl sites for hydroxylation is 2. The van der Waals surface area contributed by atoms with Crippen molar-refractivity contribution >= 4 is 28.8 Å². The van der Waals surface area contributed by atoms with Crippen LogP contribution >= 0.6 is 11.8 Å². The van der Waals surface area contributed by atoms with Crippen molar-refractivity contribution in [2.75, 3.05) is 20.3 Å². The molecule has 0 spiro atoms. The van der Waals surface area contributed by atoms with Gasteiger partial charge in [-0.1, -0.05) is 65.9 Å². The minimum Gasteiger partial charge on any atom is -0.457 e. The largest absolute Gasteiger partial charge is 0.457 e. The fourth-order valence-electron chi connectivity index (χ4n) is 4.30. The molecule has 0 fully saturated rings. The summed E-state index contributed by atoms with van der Waals surface area (Å²) in [7, 11) is 1.60. The molecule has 36 heavy (non-hydrogen) atoms. The van der Waals surface area contributed by atoms with Crippen LogP contribution in [0.4, 0.5) is 0 Å². The molecule has 2 aromatic rings. The second kappa shape index (κ2) is 11.6. The van der Waals surface area contributed by atoms with Gasteiger partial charge in [-0.05, 0) is 42.9 Å². The van der Waals surface area contributed by atoms with E-state index in [9.17, 15) is 9.59 Å². The first-order valence-electron chi connectivity index (χ1n) is 11.9. The van der Waals surface area contributed by atoms with Crippen molar-refractivity contribution in [2.24, 2.45) is 4.99 Å². The van der Waals surface area contributed by atoms with Crippen LogP contribution in [-0.4, -0.2) is 42.2 Å². The highest BCUT2D eigenvalue weighted by atomic mass is 32.2. The molecule has 2 aliphatic heterocycles. The number of amidine groups is 1. The maximum atomic E-state index is 13.6. The Morgan fingerprint density at radius 1 is 1.11 bits per heavy atom. The molecule has 2 aliphatic rings. The number of aliphatic imine (C=N–C) groups is 1. The SMILES string of the molecule is COCCNC(=O)CC1=CSC2=NC(C)=C(C(=O)OCc3ccccc3)[C@@H](c3cc(C)ccc3C)N12. The highest BCUT2D eigenvalue weighted by Crippen LogP contribution is 2.45. The van der Waals surface area contributed by atoms with E-state index in [4.69, 9.17) is 14.5 Å². The zero-order valence-electron chi connectivity index (χ0n) is 21.0. The number of esters is 1. The van der Waals surface area contributed by atoms with Gasteiger partial charge in [0.15, 0.2) is 5.17 Å². The smallest absolute Gasteiger partial charge is 0.338 e. The highest BCUT2D eigenvalue weighted by molar-refractivity contribution is 8.16. The molecule has 1 atom stereocenters. The number of hydrogen-bond donors (Lipinski definition) is 1. The van der Waals surface area contributed by atoms with Crippen LogP contribution in [0.5, 0.6) is 0 Å². The number of thioether (sulfide) groups is 1. The molecular weight excluding hydrogens is 474 g/mol. The van der Waals surface area contributed by atoms with Crippen LogP contribution in [0.2, 0.25) is 0 Å². The molecule has 0 unspecified atom stereocenters. The Hall–Kier alpha value is -3.36. The first-order valence-corrected chi connectivity index (χ1v) is 12.7. The van der Waals surface area contributed by atoms with Crippen molar-refractivity contribution in [1.29, 1.82) is 0 Å². The average molecular weight is 506 g/mol. The zero-order valence-corrected chi connectivity index (χ0v) is 21.9. The predicted octanol–water partition coefficient (Wildman–Crippen LogP) is 4.77. The van der Waals surface area contributed by atoms with E-state index >= 15 is 0 Å². The van der Waals surface area contributed by atoms with Gasteiger partial charge in [0.2, 0.25) is 5.91 Å². The van der Waals surface area contributed by atoms with Crippen LogP contribution in [0.3, 0.4) is 0 Å². The van der Waals surface area contributed by atoms with Crippen LogP contribution in [0.1, 0.15) is 41.6 Å². The lowest BCUT2D eigenvalue weighted by atomic mass is 9.90. The molecule has 0 aliphatic carbocycles. The van der Waals surface area contributed by atoms with Gasteiger partial charge < -0.3 is 19.7 Å². The lowest BCUT2D eigenvalue weighted by Gasteiger charge is -2.37. The van der Waals surface area contributed by atoms with Gasteiger partial charge in [-0.25, -0.2) is 9.79 Å². The zero-order chi connectivity index (χ0) is 25.7. The van der Waals surface area contributed by atoms with Crippen molar-refractivity contribution in [3.63, 3.8) is 0 Å². The number of carbonyl (C=O) groups is 2. The van der Waals surface area contributed by atoms with Crippen LogP contribution in [0.25, 0.3) is 0 Å². The second-order valence-electron chi connectivity index (χ2n) is 8.83. The molecule has 0 aromatic heterocycles. The Kier molecular flexibility index (Phi) is 8.28. The van der Waals surface area contributed by atoms with Crippen molar-refractivity contribution < 1.29 is 19.1 Å². The van der Waals surface area contributed by atoms with E-state index in [0.29, 0.717) is 24.4 Å². The van der Waals surface area contributed by atoms with E-state index < -0.39 is 12.0 Å². The Labute approximate surface area is 216 Å². The van der Waals surface area contributed by atoms with Crippen LogP contribution in [-0.2, 0) is 25.7 Å². The lowest BCUT2D eigenvalue weighted by Crippen LogP contribution is -2.38. The van der Waals surface area contributed by atoms with Gasteiger partial charge in [0.1, 0.15) is 6.61 Å². The molecule has 2 heterocycles. The first-order chi connectivity index (χ1) is 17.4. The summed E-state index contributed by atoms with van der Waals surface area (Å²) in [5, 5.41) is 5.57. The standard InChI is InChI=1S/C28H31N3O4S/c1-18-10-11-19(2)23(14-18)26-25(27(33)35-16-21-8-6-5-7-9-21)20(3)30-28-31(26)22(17-36-28)15-24(32)29-12-13-34-4/h5-11,14,17,26H,12-13,15-16H2,1-4H3,(H,29,32)/t26-/m1/s1. The summed E-state index contributed by atoms with van der Waals surface area (Å²) in [6.45, 7) is 6.97. The number of methoxy groups -OCH3 is 1. The van der Waals surface area contributed by atoms with E-state index in [1.807, 2.05) is 61.4 Å². The maximum Gasteiger partial charge on any atom is 0.338 e. The quantitative estimate of drug-likeness (QED) is 0.391. The maximum absolute atomic E-state index is 13.6. The number of ether oxygens (including phenoxy) is 2. The highest BCUT2D eigenvalue weighted by Gasteiger charge is 2.41. The minimum absolute atomic E-state index is 0.112. The van der Waals surface area contributed by atoms with E-state index in [-0.39, 0.29) is 18.9 Å². The minimum atomic E-state index is -0.450. The first kappa shape index (κ1) is 25.7. The van der Waals surface area contributed by atoms with Crippen molar-refractivity contribution in [3.8, 4) is 0 Å². The van der Waals surface area contributed by atoms with Gasteiger partial charge in [0, 0.05) is 19.4 Å². The molecule has 0 bridgehead atoms. The number of fused-ring (bicyclic) bond motifs is 1. The Bertz CT molecular complexity index is 1240. The molecule has 2 aromatic carbocycles. The summed E-state index contributed by atoms with van der Waals surface area (Å²) in [6, 6.07) is 15.4. The number of nitrogens with zero attached hydrogens (tertiary/aromatic N) is 2. The fraction of sp³-hybridized carbons (Fsp3) is 0.321. The van der Waals surface area contributed by atoms with Gasteiger partial charge in [-0.3, -0.25) is 4.79 Å². The van der Waals surface area contributed by atoms with Gasteiger partial charge in [-0.15, -0.1) is 0 Å². The Morgan fingerprint density at radius 3 is 2.64 bits per heavy atom. The Morgan fingerprint density at radius 2 is 1.89 bits per heavy atom. The number of amides is 1. The molecular formula is C28H31N3O4S.